The molecular formula is C116H72BN3. The van der Waals surface area contributed by atoms with E-state index in [0.29, 0.717) is 5.69 Å². The SMILES string of the molecule is [2H]c1c([2H])c([2H])c2c(c1[2H])c1c([2H])c([2H])c([2H])c([2H])c1n2-c1cc2c3c(c1)N(c1c(-c4ccccc4)cccc1-c1ccccc1)c1ccc(-c4cccc5c4-c4ccccc4C54c5ccccc5-c5ccccc54)cc1B3c1cc(-c3cccc4c3-c3ccccc3C43c4ccccc4-c4ccccc43)ccc1N2c1c(-c2ccccc2)cccc1-c1ccccc1. The van der Waals surface area contributed by atoms with Crippen LogP contribution >= 0.6 is 0 Å². The summed E-state index contributed by atoms with van der Waals surface area (Å²) < 4.78 is 80.3. The van der Waals surface area contributed by atoms with Gasteiger partial charge in [0.1, 0.15) is 0 Å². The Hall–Kier alpha value is -15.4. The predicted molar refractivity (Wildman–Crippen MR) is 500 cm³/mol. The van der Waals surface area contributed by atoms with Crippen LogP contribution in [0.15, 0.2) is 437 Å². The van der Waals surface area contributed by atoms with E-state index >= 15 is 0 Å². The van der Waals surface area contributed by atoms with Crippen LogP contribution < -0.4 is 26.2 Å². The van der Waals surface area contributed by atoms with Crippen molar-refractivity contribution in [3.05, 3.63) is 481 Å². The summed E-state index contributed by atoms with van der Waals surface area (Å²) in [6, 6.07) is 138. The molecule has 4 aliphatic carbocycles. The number of anilines is 6. The van der Waals surface area contributed by atoms with Gasteiger partial charge in [0.15, 0.2) is 0 Å². The van der Waals surface area contributed by atoms with Crippen LogP contribution in [0.25, 0.3) is 139 Å². The third-order valence-electron chi connectivity index (χ3n) is 26.9. The minimum atomic E-state index is -0.639. The standard InChI is InChI=1S/C116H72BN3/c1-5-33-73(34-6-1)82-51-29-52-83(74-35-7-2-8-36-74)113(82)119-106-67-65-77(80-49-31-61-100-110(80)92-47-17-25-59-98(92)115(100)94-55-21-13-41-86(94)87-42-14-22-56-95(87)115)69-102(106)117-103-70-78(81-50-32-62-101-111(81)93-48-18-26-60-99(93)116(101)96-57-23-15-43-88(96)89-44-16-24-58-97(89)116)66-68-107(103)120(114-84(75-37-9-3-10-38-75)53-30-54-85(114)76-39-11-4-12-40-76)109-72-79(71-108(119)112(109)117)118-104-63-27-19-45-90(104)91-46-20-28-64-105(91)118/h1-72H/i19D,20D,27D,28D,45D,46D,63D,64D. The maximum absolute atomic E-state index is 10.3. The van der Waals surface area contributed by atoms with Crippen molar-refractivity contribution in [3.63, 3.8) is 0 Å². The number of para-hydroxylation sites is 4. The van der Waals surface area contributed by atoms with E-state index < -0.39 is 65.9 Å². The Morgan fingerprint density at radius 2 is 0.508 bits per heavy atom. The smallest absolute Gasteiger partial charge is 0.252 e. The number of benzene rings is 19. The third-order valence-corrected chi connectivity index (χ3v) is 26.9. The molecule has 554 valence electrons. The summed E-state index contributed by atoms with van der Waals surface area (Å²) in [6.07, 6.45) is 0. The summed E-state index contributed by atoms with van der Waals surface area (Å²) in [5.41, 5.74) is 38.3. The lowest BCUT2D eigenvalue weighted by atomic mass is 9.33. The average Bonchev–Trinajstić information content (AvgIpc) is 1.51. The van der Waals surface area contributed by atoms with Gasteiger partial charge in [0, 0.05) is 55.8 Å². The van der Waals surface area contributed by atoms with E-state index in [1.165, 1.54) is 89.0 Å². The Kier molecular flexibility index (Phi) is 12.6. The Bertz CT molecular complexity index is 7590. The minimum Gasteiger partial charge on any atom is -0.310 e. The number of hydrogen-bond donors (Lipinski definition) is 0. The van der Waals surface area contributed by atoms with Crippen molar-refractivity contribution in [2.45, 2.75) is 10.8 Å². The molecule has 19 aromatic carbocycles. The second-order valence-electron chi connectivity index (χ2n) is 32.4. The summed E-state index contributed by atoms with van der Waals surface area (Å²) in [4.78, 5) is 4.92. The molecule has 3 heterocycles. The lowest BCUT2D eigenvalue weighted by molar-refractivity contribution is 0.794. The van der Waals surface area contributed by atoms with Crippen LogP contribution in [0.4, 0.5) is 34.1 Å². The molecule has 0 N–H and O–H groups in total. The van der Waals surface area contributed by atoms with Gasteiger partial charge in [-0.1, -0.05) is 400 Å². The largest absolute Gasteiger partial charge is 0.310 e. The lowest BCUT2D eigenvalue weighted by Crippen LogP contribution is -2.61. The molecule has 0 amide bonds. The second kappa shape index (κ2) is 25.6. The fourth-order valence-electron chi connectivity index (χ4n) is 22.4. The molecule has 6 aliphatic rings. The predicted octanol–water partition coefficient (Wildman–Crippen LogP) is 27.6. The van der Waals surface area contributed by atoms with Crippen LogP contribution in [0.3, 0.4) is 0 Å². The normalized spacial score (nSPS) is 14.7. The number of aromatic nitrogens is 1. The zero-order valence-corrected chi connectivity index (χ0v) is 64.9. The first-order chi connectivity index (χ1) is 62.9. The van der Waals surface area contributed by atoms with Gasteiger partial charge in [0.2, 0.25) is 0 Å². The van der Waals surface area contributed by atoms with Crippen molar-refractivity contribution < 1.29 is 11.0 Å². The fourth-order valence-corrected chi connectivity index (χ4v) is 22.4. The maximum atomic E-state index is 10.3. The Morgan fingerprint density at radius 3 is 0.867 bits per heavy atom. The average molecular weight is 1530 g/mol. The highest BCUT2D eigenvalue weighted by Gasteiger charge is 2.55. The molecule has 26 rings (SSSR count). The molecule has 2 aliphatic heterocycles. The molecule has 0 bridgehead atoms. The van der Waals surface area contributed by atoms with E-state index in [-0.39, 0.29) is 21.8 Å². The molecule has 1 aromatic heterocycles. The quantitative estimate of drug-likeness (QED) is 0.133. The molecule has 0 fully saturated rings. The highest BCUT2D eigenvalue weighted by molar-refractivity contribution is 7.00. The monoisotopic (exact) mass is 1530 g/mol. The van der Waals surface area contributed by atoms with Gasteiger partial charge < -0.3 is 14.4 Å². The highest BCUT2D eigenvalue weighted by Crippen LogP contribution is 2.67. The lowest BCUT2D eigenvalue weighted by Gasteiger charge is -2.46. The first-order valence-corrected chi connectivity index (χ1v) is 41.3. The van der Waals surface area contributed by atoms with E-state index in [9.17, 15) is 11.0 Å². The topological polar surface area (TPSA) is 11.4 Å². The minimum absolute atomic E-state index is 0.0116. The zero-order valence-electron chi connectivity index (χ0n) is 72.9. The van der Waals surface area contributed by atoms with Crippen LogP contribution in [-0.4, -0.2) is 11.3 Å². The van der Waals surface area contributed by atoms with Crippen LogP contribution in [0.1, 0.15) is 55.5 Å². The van der Waals surface area contributed by atoms with Gasteiger partial charge >= 0.3 is 0 Å². The van der Waals surface area contributed by atoms with E-state index in [4.69, 9.17) is 0 Å². The number of nitrogens with zero attached hydrogens (tertiary/aromatic N) is 3. The summed E-state index contributed by atoms with van der Waals surface area (Å²) in [6.45, 7) is -0.639. The summed E-state index contributed by atoms with van der Waals surface area (Å²) in [5, 5.41) is -0.0317. The van der Waals surface area contributed by atoms with E-state index in [1.54, 1.807) is 4.57 Å². The number of hydrogen-bond acceptors (Lipinski definition) is 2. The van der Waals surface area contributed by atoms with Crippen molar-refractivity contribution in [1.82, 2.24) is 4.57 Å². The van der Waals surface area contributed by atoms with E-state index in [2.05, 4.69) is 398 Å². The molecule has 4 heteroatoms. The first kappa shape index (κ1) is 59.3. The van der Waals surface area contributed by atoms with Gasteiger partial charge in [0.05, 0.1) is 49.9 Å². The van der Waals surface area contributed by atoms with Crippen LogP contribution in [-0.2, 0) is 10.8 Å². The molecule has 0 unspecified atom stereocenters. The van der Waals surface area contributed by atoms with Crippen molar-refractivity contribution in [2.24, 2.45) is 0 Å². The van der Waals surface area contributed by atoms with E-state index in [0.717, 1.165) is 117 Å². The third kappa shape index (κ3) is 9.03. The van der Waals surface area contributed by atoms with Crippen molar-refractivity contribution in [2.75, 3.05) is 9.80 Å². The number of fused-ring (bicyclic) bond motifs is 27. The van der Waals surface area contributed by atoms with Gasteiger partial charge in [-0.2, -0.15) is 0 Å². The molecule has 3 nitrogen and oxygen atoms in total. The van der Waals surface area contributed by atoms with Gasteiger partial charge in [-0.05, 0) is 186 Å². The molecule has 120 heavy (non-hydrogen) atoms. The van der Waals surface area contributed by atoms with Crippen LogP contribution in [0, 0.1) is 0 Å². The van der Waals surface area contributed by atoms with Gasteiger partial charge in [-0.3, -0.25) is 0 Å². The summed E-state index contributed by atoms with van der Waals surface area (Å²) in [5.74, 6) is 0. The molecule has 0 saturated heterocycles. The van der Waals surface area contributed by atoms with Crippen molar-refractivity contribution in [1.29, 1.82) is 0 Å². The van der Waals surface area contributed by atoms with Crippen molar-refractivity contribution >= 4 is 79.0 Å². The van der Waals surface area contributed by atoms with Gasteiger partial charge in [-0.25, -0.2) is 0 Å². The zero-order chi connectivity index (χ0) is 85.4. The van der Waals surface area contributed by atoms with Gasteiger partial charge in [-0.15, -0.1) is 0 Å². The Morgan fingerprint density at radius 1 is 0.225 bits per heavy atom. The van der Waals surface area contributed by atoms with Crippen molar-refractivity contribution in [3.8, 4) is 117 Å². The van der Waals surface area contributed by atoms with E-state index in [1.807, 2.05) is 0 Å². The molecule has 2 spiro atoms. The molecule has 0 atom stereocenters. The Balaban J connectivity index is 0.845. The Labute approximate surface area is 708 Å². The molecule has 0 saturated carbocycles. The molecule has 20 aromatic rings. The first-order valence-electron chi connectivity index (χ1n) is 45.3. The molecule has 0 radical (unpaired) electrons. The van der Waals surface area contributed by atoms with Crippen LogP contribution in [0.2, 0.25) is 0 Å². The number of rotatable bonds is 9. The van der Waals surface area contributed by atoms with Crippen LogP contribution in [0.5, 0.6) is 0 Å². The maximum Gasteiger partial charge on any atom is 0.252 e. The van der Waals surface area contributed by atoms with Gasteiger partial charge in [0.25, 0.3) is 6.71 Å². The summed E-state index contributed by atoms with van der Waals surface area (Å²) >= 11 is 0. The second-order valence-corrected chi connectivity index (χ2v) is 32.4. The molecular weight excluding hydrogens is 1450 g/mol. The highest BCUT2D eigenvalue weighted by atomic mass is 15.2. The fraction of sp³-hybridized carbons (Fsp3) is 0.0172. The summed E-state index contributed by atoms with van der Waals surface area (Å²) in [7, 11) is 0.